The van der Waals surface area contributed by atoms with Gasteiger partial charge in [-0.2, -0.15) is 0 Å². The van der Waals surface area contributed by atoms with Crippen molar-refractivity contribution in [1.29, 1.82) is 0 Å². The molecule has 2 rings (SSSR count). The zero-order chi connectivity index (χ0) is 11.2. The molecule has 2 nitrogen and oxygen atoms in total. The lowest BCUT2D eigenvalue weighted by Crippen LogP contribution is -2.18. The fraction of sp³-hybridized carbons (Fsp3) is 0.643. The summed E-state index contributed by atoms with van der Waals surface area (Å²) in [6.07, 6.45) is 12.1. The summed E-state index contributed by atoms with van der Waals surface area (Å²) in [5.74, 6) is 1.40. The fourth-order valence-corrected chi connectivity index (χ4v) is 2.81. The topological polar surface area (TPSA) is 38.9 Å². The Bertz CT molecular complexity index is 291. The van der Waals surface area contributed by atoms with Crippen LogP contribution in [-0.2, 0) is 0 Å². The van der Waals surface area contributed by atoms with Crippen molar-refractivity contribution >= 4 is 0 Å². The molecule has 1 aromatic rings. The largest absolute Gasteiger partial charge is 0.330 e. The minimum absolute atomic E-state index is 0.511. The summed E-state index contributed by atoms with van der Waals surface area (Å²) in [6.45, 7) is 0.752. The van der Waals surface area contributed by atoms with E-state index in [9.17, 15) is 0 Å². The van der Waals surface area contributed by atoms with Crippen LogP contribution in [0, 0.1) is 5.92 Å². The molecule has 0 radical (unpaired) electrons. The van der Waals surface area contributed by atoms with Gasteiger partial charge in [0.05, 0.1) is 0 Å². The van der Waals surface area contributed by atoms with Gasteiger partial charge in [0.2, 0.25) is 0 Å². The molecular formula is C14H22N2. The van der Waals surface area contributed by atoms with Gasteiger partial charge < -0.3 is 5.73 Å². The average Bonchev–Trinajstić information content (AvgIpc) is 2.38. The van der Waals surface area contributed by atoms with Gasteiger partial charge in [0, 0.05) is 12.4 Å². The van der Waals surface area contributed by atoms with Gasteiger partial charge in [0.1, 0.15) is 0 Å². The molecule has 1 heterocycles. The Morgan fingerprint density at radius 2 is 2.12 bits per heavy atom. The predicted octanol–water partition coefficient (Wildman–Crippen LogP) is 3.09. The molecule has 2 N–H and O–H groups in total. The number of pyridine rings is 1. The van der Waals surface area contributed by atoms with Crippen LogP contribution in [0.4, 0.5) is 0 Å². The van der Waals surface area contributed by atoms with E-state index < -0.39 is 0 Å². The summed E-state index contributed by atoms with van der Waals surface area (Å²) in [6, 6.07) is 4.17. The number of nitrogens with zero attached hydrogens (tertiary/aromatic N) is 1. The lowest BCUT2D eigenvalue weighted by atomic mass is 9.81. The molecule has 0 aromatic carbocycles. The first-order chi connectivity index (χ1) is 7.90. The van der Waals surface area contributed by atoms with Crippen LogP contribution in [0.15, 0.2) is 24.5 Å². The highest BCUT2D eigenvalue weighted by Gasteiger charge is 2.19. The maximum Gasteiger partial charge on any atom is 0.0303 e. The van der Waals surface area contributed by atoms with Crippen LogP contribution in [0.5, 0.6) is 0 Å². The summed E-state index contributed by atoms with van der Waals surface area (Å²) in [5.41, 5.74) is 7.21. The van der Waals surface area contributed by atoms with Crippen LogP contribution >= 0.6 is 0 Å². The number of nitrogens with two attached hydrogens (primary N) is 1. The molecule has 88 valence electrons. The van der Waals surface area contributed by atoms with E-state index in [1.807, 2.05) is 18.5 Å². The number of aromatic nitrogens is 1. The third-order valence-electron chi connectivity index (χ3n) is 3.78. The maximum absolute atomic E-state index is 5.89. The molecule has 0 bridgehead atoms. The van der Waals surface area contributed by atoms with Gasteiger partial charge in [0.25, 0.3) is 0 Å². The van der Waals surface area contributed by atoms with Crippen molar-refractivity contribution in [2.24, 2.45) is 11.7 Å². The molecule has 16 heavy (non-hydrogen) atoms. The summed E-state index contributed by atoms with van der Waals surface area (Å²) >= 11 is 0. The second-order valence-electron chi connectivity index (χ2n) is 4.96. The molecule has 1 aliphatic carbocycles. The summed E-state index contributed by atoms with van der Waals surface area (Å²) in [7, 11) is 0. The van der Waals surface area contributed by atoms with E-state index in [4.69, 9.17) is 5.73 Å². The van der Waals surface area contributed by atoms with Gasteiger partial charge in [-0.15, -0.1) is 0 Å². The quantitative estimate of drug-likeness (QED) is 0.843. The van der Waals surface area contributed by atoms with Crippen LogP contribution in [0.1, 0.15) is 50.0 Å². The van der Waals surface area contributed by atoms with E-state index in [1.165, 1.54) is 44.1 Å². The molecule has 1 saturated carbocycles. The van der Waals surface area contributed by atoms with Crippen LogP contribution in [-0.4, -0.2) is 11.5 Å². The first-order valence-electron chi connectivity index (χ1n) is 6.50. The highest BCUT2D eigenvalue weighted by Crippen LogP contribution is 2.32. The Hall–Kier alpha value is -0.890. The third-order valence-corrected chi connectivity index (χ3v) is 3.78. The monoisotopic (exact) mass is 218 g/mol. The maximum atomic E-state index is 5.89. The smallest absolute Gasteiger partial charge is 0.0303 e. The van der Waals surface area contributed by atoms with Gasteiger partial charge in [-0.05, 0) is 36.4 Å². The van der Waals surface area contributed by atoms with Crippen molar-refractivity contribution in [3.63, 3.8) is 0 Å². The lowest BCUT2D eigenvalue weighted by Gasteiger charge is -2.25. The van der Waals surface area contributed by atoms with Crippen LogP contribution in [0.25, 0.3) is 0 Å². The molecule has 1 unspecified atom stereocenters. The Balaban J connectivity index is 1.94. The molecule has 2 heteroatoms. The number of hydrogen-bond donors (Lipinski definition) is 1. The SMILES string of the molecule is NCC(CC1CCCCC1)c1cccnc1. The molecule has 1 aliphatic rings. The van der Waals surface area contributed by atoms with Gasteiger partial charge >= 0.3 is 0 Å². The van der Waals surface area contributed by atoms with Gasteiger partial charge in [0.15, 0.2) is 0 Å². The van der Waals surface area contributed by atoms with E-state index in [-0.39, 0.29) is 0 Å². The Morgan fingerprint density at radius 3 is 2.75 bits per heavy atom. The van der Waals surface area contributed by atoms with Crippen molar-refractivity contribution in [3.8, 4) is 0 Å². The van der Waals surface area contributed by atoms with Crippen molar-refractivity contribution in [3.05, 3.63) is 30.1 Å². The van der Waals surface area contributed by atoms with E-state index in [1.54, 1.807) is 0 Å². The van der Waals surface area contributed by atoms with Crippen molar-refractivity contribution in [2.75, 3.05) is 6.54 Å². The Labute approximate surface area is 98.3 Å². The van der Waals surface area contributed by atoms with Gasteiger partial charge in [-0.1, -0.05) is 38.2 Å². The van der Waals surface area contributed by atoms with E-state index >= 15 is 0 Å². The summed E-state index contributed by atoms with van der Waals surface area (Å²) < 4.78 is 0. The first-order valence-corrected chi connectivity index (χ1v) is 6.50. The van der Waals surface area contributed by atoms with Crippen molar-refractivity contribution in [2.45, 2.75) is 44.4 Å². The van der Waals surface area contributed by atoms with Crippen molar-refractivity contribution < 1.29 is 0 Å². The lowest BCUT2D eigenvalue weighted by molar-refractivity contribution is 0.318. The molecule has 0 spiro atoms. The highest BCUT2D eigenvalue weighted by molar-refractivity contribution is 5.15. The van der Waals surface area contributed by atoms with E-state index in [0.717, 1.165) is 12.5 Å². The molecule has 0 amide bonds. The van der Waals surface area contributed by atoms with Crippen LogP contribution in [0.2, 0.25) is 0 Å². The average molecular weight is 218 g/mol. The number of hydrogen-bond acceptors (Lipinski definition) is 2. The molecular weight excluding hydrogens is 196 g/mol. The summed E-state index contributed by atoms with van der Waals surface area (Å²) in [5, 5.41) is 0. The second-order valence-corrected chi connectivity index (χ2v) is 4.96. The van der Waals surface area contributed by atoms with Gasteiger partial charge in [-0.25, -0.2) is 0 Å². The standard InChI is InChI=1S/C14H22N2/c15-10-14(13-7-4-8-16-11-13)9-12-5-2-1-3-6-12/h4,7-8,11-12,14H,1-3,5-6,9-10,15H2. The Morgan fingerprint density at radius 1 is 1.31 bits per heavy atom. The highest BCUT2D eigenvalue weighted by atomic mass is 14.6. The molecule has 1 aromatic heterocycles. The van der Waals surface area contributed by atoms with Crippen LogP contribution in [0.3, 0.4) is 0 Å². The van der Waals surface area contributed by atoms with Crippen LogP contribution < -0.4 is 5.73 Å². The Kier molecular flexibility index (Phi) is 4.34. The van der Waals surface area contributed by atoms with E-state index in [2.05, 4.69) is 11.1 Å². The minimum atomic E-state index is 0.511. The van der Waals surface area contributed by atoms with Crippen molar-refractivity contribution in [1.82, 2.24) is 4.98 Å². The zero-order valence-electron chi connectivity index (χ0n) is 9.94. The number of rotatable bonds is 4. The fourth-order valence-electron chi connectivity index (χ4n) is 2.81. The minimum Gasteiger partial charge on any atom is -0.330 e. The van der Waals surface area contributed by atoms with Gasteiger partial charge in [-0.3, -0.25) is 4.98 Å². The molecule has 0 aliphatic heterocycles. The third kappa shape index (κ3) is 3.05. The normalized spacial score (nSPS) is 19.6. The van der Waals surface area contributed by atoms with E-state index in [0.29, 0.717) is 5.92 Å². The molecule has 1 atom stereocenters. The molecule has 0 saturated heterocycles. The zero-order valence-corrected chi connectivity index (χ0v) is 9.94. The molecule has 1 fully saturated rings. The second kappa shape index (κ2) is 6.00. The summed E-state index contributed by atoms with van der Waals surface area (Å²) in [4.78, 5) is 4.19. The first kappa shape index (κ1) is 11.6. The predicted molar refractivity (Wildman–Crippen MR) is 67.2 cm³/mol.